The average molecular weight is 232 g/mol. The van der Waals surface area contributed by atoms with Crippen LogP contribution < -0.4 is 0 Å². The van der Waals surface area contributed by atoms with Crippen molar-refractivity contribution in [1.82, 2.24) is 0 Å². The Labute approximate surface area is 97.1 Å². The maximum absolute atomic E-state index is 11.5. The monoisotopic (exact) mass is 232 g/mol. The van der Waals surface area contributed by atoms with Crippen molar-refractivity contribution in [2.24, 2.45) is 5.92 Å². The van der Waals surface area contributed by atoms with Crippen molar-refractivity contribution < 1.29 is 14.3 Å². The summed E-state index contributed by atoms with van der Waals surface area (Å²) in [7, 11) is 0. The molecule has 0 aliphatic heterocycles. The van der Waals surface area contributed by atoms with Crippen molar-refractivity contribution in [2.45, 2.75) is 40.0 Å². The van der Waals surface area contributed by atoms with Gasteiger partial charge in [0.15, 0.2) is 5.05 Å². The molecule has 1 unspecified atom stereocenters. The van der Waals surface area contributed by atoms with E-state index in [0.29, 0.717) is 24.7 Å². The first-order chi connectivity index (χ1) is 7.15. The largest absolute Gasteiger partial charge is 0.487 e. The maximum atomic E-state index is 11.5. The van der Waals surface area contributed by atoms with Crippen LogP contribution >= 0.6 is 12.2 Å². The van der Waals surface area contributed by atoms with Crippen LogP contribution in [0.4, 0.5) is 0 Å². The topological polar surface area (TPSA) is 35.5 Å². The van der Waals surface area contributed by atoms with Gasteiger partial charge in [-0.1, -0.05) is 13.3 Å². The first-order valence-corrected chi connectivity index (χ1v) is 5.88. The van der Waals surface area contributed by atoms with Crippen LogP contribution in [0, 0.1) is 5.92 Å². The Morgan fingerprint density at radius 1 is 1.20 bits per heavy atom. The zero-order valence-electron chi connectivity index (χ0n) is 9.75. The summed E-state index contributed by atoms with van der Waals surface area (Å²) in [5, 5.41) is 0.504. The normalized spacial score (nSPS) is 11.9. The van der Waals surface area contributed by atoms with Gasteiger partial charge in [-0.05, 0) is 32.5 Å². The molecule has 0 aliphatic carbocycles. The molecule has 0 bridgehead atoms. The summed E-state index contributed by atoms with van der Waals surface area (Å²) < 4.78 is 10.2. The van der Waals surface area contributed by atoms with Crippen molar-refractivity contribution in [2.75, 3.05) is 13.2 Å². The van der Waals surface area contributed by atoms with E-state index in [9.17, 15) is 4.79 Å². The van der Waals surface area contributed by atoms with Gasteiger partial charge in [-0.25, -0.2) is 0 Å². The number of rotatable bonds is 7. The van der Waals surface area contributed by atoms with Gasteiger partial charge < -0.3 is 9.47 Å². The molecule has 0 saturated carbocycles. The van der Waals surface area contributed by atoms with Crippen LogP contribution in [-0.2, 0) is 14.3 Å². The highest BCUT2D eigenvalue weighted by atomic mass is 32.1. The molecule has 4 heteroatoms. The molecule has 0 aromatic heterocycles. The Hall–Kier alpha value is -0.640. The minimum atomic E-state index is -0.165. The molecule has 0 fully saturated rings. The van der Waals surface area contributed by atoms with Gasteiger partial charge >= 0.3 is 5.97 Å². The van der Waals surface area contributed by atoms with E-state index in [1.54, 1.807) is 0 Å². The lowest BCUT2D eigenvalue weighted by atomic mass is 10.0. The second-order valence-corrected chi connectivity index (χ2v) is 3.70. The fourth-order valence-corrected chi connectivity index (χ4v) is 1.65. The third-order valence-corrected chi connectivity index (χ3v) is 2.26. The van der Waals surface area contributed by atoms with E-state index < -0.39 is 0 Å². The third-order valence-electron chi connectivity index (χ3n) is 1.98. The predicted octanol–water partition coefficient (Wildman–Crippen LogP) is 2.72. The Balaban J connectivity index is 4.13. The minimum absolute atomic E-state index is 0.144. The summed E-state index contributed by atoms with van der Waals surface area (Å²) in [4.78, 5) is 11.5. The lowest BCUT2D eigenvalue weighted by Gasteiger charge is -2.15. The molecule has 0 amide bonds. The lowest BCUT2D eigenvalue weighted by Crippen LogP contribution is -2.21. The predicted molar refractivity (Wildman–Crippen MR) is 63.9 cm³/mol. The second-order valence-electron chi connectivity index (χ2n) is 3.25. The van der Waals surface area contributed by atoms with Gasteiger partial charge in [-0.2, -0.15) is 0 Å². The van der Waals surface area contributed by atoms with E-state index in [-0.39, 0.29) is 11.9 Å². The summed E-state index contributed by atoms with van der Waals surface area (Å²) in [5.74, 6) is -0.310. The number of carbonyl (C=O) groups excluding carboxylic acids is 1. The summed E-state index contributed by atoms with van der Waals surface area (Å²) >= 11 is 5.02. The molecule has 88 valence electrons. The van der Waals surface area contributed by atoms with E-state index in [1.165, 1.54) is 0 Å². The van der Waals surface area contributed by atoms with E-state index in [0.717, 1.165) is 12.8 Å². The minimum Gasteiger partial charge on any atom is -0.487 e. The molecule has 0 aromatic carbocycles. The highest BCUT2D eigenvalue weighted by Crippen LogP contribution is 2.15. The molecule has 0 heterocycles. The van der Waals surface area contributed by atoms with Gasteiger partial charge in [0.2, 0.25) is 0 Å². The molecular formula is C11H20O3S. The maximum Gasteiger partial charge on any atom is 0.309 e. The molecule has 0 aromatic rings. The standard InChI is InChI=1S/C11H20O3S/c1-4-7-9(11(12)14-6-3)8-10(15)13-5-2/h9H,4-8H2,1-3H3. The zero-order chi connectivity index (χ0) is 11.7. The molecule has 1 atom stereocenters. The van der Waals surface area contributed by atoms with Crippen LogP contribution in [0.15, 0.2) is 0 Å². The van der Waals surface area contributed by atoms with Gasteiger partial charge in [0.25, 0.3) is 0 Å². The van der Waals surface area contributed by atoms with Gasteiger partial charge in [0, 0.05) is 6.42 Å². The lowest BCUT2D eigenvalue weighted by molar-refractivity contribution is -0.148. The smallest absolute Gasteiger partial charge is 0.309 e. The number of ether oxygens (including phenoxy) is 2. The van der Waals surface area contributed by atoms with Crippen molar-refractivity contribution in [3.63, 3.8) is 0 Å². The van der Waals surface area contributed by atoms with Crippen LogP contribution in [-0.4, -0.2) is 24.2 Å². The quantitative estimate of drug-likeness (QED) is 0.499. The van der Waals surface area contributed by atoms with Crippen molar-refractivity contribution in [1.29, 1.82) is 0 Å². The highest BCUT2D eigenvalue weighted by molar-refractivity contribution is 7.80. The van der Waals surface area contributed by atoms with Crippen LogP contribution in [0.2, 0.25) is 0 Å². The molecule has 0 spiro atoms. The van der Waals surface area contributed by atoms with E-state index in [2.05, 4.69) is 0 Å². The van der Waals surface area contributed by atoms with Crippen molar-refractivity contribution >= 4 is 23.2 Å². The number of hydrogen-bond acceptors (Lipinski definition) is 4. The summed E-state index contributed by atoms with van der Waals surface area (Å²) in [6.07, 6.45) is 2.24. The first kappa shape index (κ1) is 14.4. The SMILES string of the molecule is CCCC(CC(=S)OCC)C(=O)OCC. The summed E-state index contributed by atoms with van der Waals surface area (Å²) in [6.45, 7) is 6.70. The first-order valence-electron chi connectivity index (χ1n) is 5.47. The molecule has 0 aliphatic rings. The Kier molecular flexibility index (Phi) is 8.28. The van der Waals surface area contributed by atoms with E-state index in [1.807, 2.05) is 20.8 Å². The second kappa shape index (κ2) is 8.65. The van der Waals surface area contributed by atoms with Crippen LogP contribution in [0.3, 0.4) is 0 Å². The highest BCUT2D eigenvalue weighted by Gasteiger charge is 2.20. The molecule has 0 rings (SSSR count). The van der Waals surface area contributed by atoms with E-state index >= 15 is 0 Å². The van der Waals surface area contributed by atoms with Gasteiger partial charge in [0.05, 0.1) is 19.1 Å². The number of hydrogen-bond donors (Lipinski definition) is 0. The van der Waals surface area contributed by atoms with Gasteiger partial charge in [-0.15, -0.1) is 0 Å². The van der Waals surface area contributed by atoms with Gasteiger partial charge in [0.1, 0.15) is 0 Å². The fourth-order valence-electron chi connectivity index (χ4n) is 1.33. The van der Waals surface area contributed by atoms with Crippen LogP contribution in [0.5, 0.6) is 0 Å². The third kappa shape index (κ3) is 6.44. The van der Waals surface area contributed by atoms with Crippen molar-refractivity contribution in [3.8, 4) is 0 Å². The zero-order valence-corrected chi connectivity index (χ0v) is 10.6. The molecular weight excluding hydrogens is 212 g/mol. The molecule has 0 N–H and O–H groups in total. The number of carbonyl (C=O) groups is 1. The van der Waals surface area contributed by atoms with Crippen LogP contribution in [0.25, 0.3) is 0 Å². The van der Waals surface area contributed by atoms with Crippen molar-refractivity contribution in [3.05, 3.63) is 0 Å². The van der Waals surface area contributed by atoms with Gasteiger partial charge in [-0.3, -0.25) is 4.79 Å². The molecule has 0 saturated heterocycles. The molecule has 3 nitrogen and oxygen atoms in total. The summed E-state index contributed by atoms with van der Waals surface area (Å²) in [6, 6.07) is 0. The Morgan fingerprint density at radius 2 is 1.80 bits per heavy atom. The Morgan fingerprint density at radius 3 is 2.27 bits per heavy atom. The fraction of sp³-hybridized carbons (Fsp3) is 0.818. The number of esters is 1. The van der Waals surface area contributed by atoms with E-state index in [4.69, 9.17) is 21.7 Å². The average Bonchev–Trinajstić information content (AvgIpc) is 2.18. The molecule has 0 radical (unpaired) electrons. The summed E-state index contributed by atoms with van der Waals surface area (Å²) in [5.41, 5.74) is 0. The van der Waals surface area contributed by atoms with Crippen LogP contribution in [0.1, 0.15) is 40.0 Å². The number of thiocarbonyl (C=S) groups is 1. The molecule has 15 heavy (non-hydrogen) atoms. The Bertz CT molecular complexity index is 204.